The Morgan fingerprint density at radius 3 is 2.78 bits per heavy atom. The van der Waals surface area contributed by atoms with Crippen molar-refractivity contribution in [3.63, 3.8) is 0 Å². The van der Waals surface area contributed by atoms with E-state index >= 15 is 0 Å². The highest BCUT2D eigenvalue weighted by Crippen LogP contribution is 2.33. The summed E-state index contributed by atoms with van der Waals surface area (Å²) < 4.78 is 6.79. The molecular weight excluding hydrogens is 406 g/mol. The van der Waals surface area contributed by atoms with Crippen LogP contribution in [0.15, 0.2) is 15.6 Å². The quantitative estimate of drug-likeness (QED) is 0.458. The number of rotatable bonds is 10. The van der Waals surface area contributed by atoms with Crippen LogP contribution in [0.2, 0.25) is 0 Å². The number of imidazole rings is 1. The summed E-state index contributed by atoms with van der Waals surface area (Å²) in [6.07, 6.45) is 15.0. The molecule has 1 aliphatic carbocycles. The number of nitrogens with zero attached hydrogens (tertiary/aromatic N) is 5. The molecule has 3 aromatic heterocycles. The molecule has 1 aliphatic rings. The van der Waals surface area contributed by atoms with Gasteiger partial charge < -0.3 is 9.88 Å². The number of fused-ring (bicyclic) bond motifs is 1. The van der Waals surface area contributed by atoms with Gasteiger partial charge in [-0.15, -0.1) is 12.3 Å². The lowest BCUT2D eigenvalue weighted by Gasteiger charge is -2.32. The average molecular weight is 438 g/mol. The zero-order valence-electron chi connectivity index (χ0n) is 19.0. The number of hydrogen-bond acceptors (Lipinski definition) is 7. The second kappa shape index (κ2) is 9.55. The summed E-state index contributed by atoms with van der Waals surface area (Å²) in [6.45, 7) is 6.58. The fourth-order valence-electron chi connectivity index (χ4n) is 4.29. The van der Waals surface area contributed by atoms with Crippen LogP contribution < -0.4 is 11.1 Å². The lowest BCUT2D eigenvalue weighted by atomic mass is 9.80. The van der Waals surface area contributed by atoms with Crippen molar-refractivity contribution in [1.82, 2.24) is 29.7 Å². The molecule has 0 aromatic carbocycles. The fourth-order valence-corrected chi connectivity index (χ4v) is 4.29. The molecule has 3 aromatic rings. The molecule has 170 valence electrons. The van der Waals surface area contributed by atoms with Crippen molar-refractivity contribution < 1.29 is 4.52 Å². The van der Waals surface area contributed by atoms with Gasteiger partial charge in [-0.2, -0.15) is 0 Å². The van der Waals surface area contributed by atoms with Gasteiger partial charge >= 0.3 is 5.76 Å². The third kappa shape index (κ3) is 4.69. The van der Waals surface area contributed by atoms with Crippen LogP contribution in [0.5, 0.6) is 0 Å². The Labute approximate surface area is 187 Å². The van der Waals surface area contributed by atoms with Crippen molar-refractivity contribution in [2.24, 2.45) is 11.8 Å². The van der Waals surface area contributed by atoms with Crippen molar-refractivity contribution in [2.45, 2.75) is 77.8 Å². The molecule has 3 atom stereocenters. The zero-order valence-corrected chi connectivity index (χ0v) is 19.0. The molecule has 0 amide bonds. The molecule has 0 saturated heterocycles. The van der Waals surface area contributed by atoms with Gasteiger partial charge in [-0.1, -0.05) is 24.9 Å². The molecule has 2 N–H and O–H groups in total. The molecule has 3 heterocycles. The summed E-state index contributed by atoms with van der Waals surface area (Å²) in [5, 5.41) is 7.34. The Kier molecular flexibility index (Phi) is 6.58. The van der Waals surface area contributed by atoms with Gasteiger partial charge in [0.25, 0.3) is 0 Å². The minimum atomic E-state index is -0.640. The number of anilines is 1. The normalized spacial score (nSPS) is 16.9. The van der Waals surface area contributed by atoms with Crippen LogP contribution in [0.25, 0.3) is 22.8 Å². The topological polar surface area (TPSA) is 115 Å². The van der Waals surface area contributed by atoms with Crippen LogP contribution in [0.1, 0.15) is 71.8 Å². The molecule has 4 rings (SSSR count). The molecular formula is C23H31N7O2. The van der Waals surface area contributed by atoms with E-state index < -0.39 is 5.76 Å². The first-order chi connectivity index (χ1) is 15.5. The molecule has 1 fully saturated rings. The number of aromatic nitrogens is 6. The smallest absolute Gasteiger partial charge is 0.365 e. The Balaban J connectivity index is 1.63. The van der Waals surface area contributed by atoms with Gasteiger partial charge in [0.2, 0.25) is 11.6 Å². The van der Waals surface area contributed by atoms with Gasteiger partial charge in [0.1, 0.15) is 5.52 Å². The Hall–Kier alpha value is -3.15. The Bertz CT molecular complexity index is 1150. The molecule has 9 nitrogen and oxygen atoms in total. The van der Waals surface area contributed by atoms with Crippen LogP contribution in [-0.2, 0) is 0 Å². The van der Waals surface area contributed by atoms with E-state index in [0.717, 1.165) is 31.2 Å². The minimum Gasteiger partial charge on any atom is -0.365 e. The highest BCUT2D eigenvalue weighted by atomic mass is 16.5. The Morgan fingerprint density at radius 1 is 1.31 bits per heavy atom. The SMILES string of the molecule is C#CCC(C)CCCC(C)n1cnc2nc(-c3noc(=O)[nH]3)nc(NC(C)C3CCC3)c21. The maximum absolute atomic E-state index is 11.4. The van der Waals surface area contributed by atoms with Gasteiger partial charge in [-0.25, -0.2) is 19.7 Å². The summed E-state index contributed by atoms with van der Waals surface area (Å²) in [4.78, 5) is 27.8. The maximum atomic E-state index is 11.4. The van der Waals surface area contributed by atoms with E-state index in [2.05, 4.69) is 61.2 Å². The third-order valence-electron chi connectivity index (χ3n) is 6.56. The van der Waals surface area contributed by atoms with E-state index in [9.17, 15) is 4.79 Å². The summed E-state index contributed by atoms with van der Waals surface area (Å²) in [5.74, 6) is 4.45. The highest BCUT2D eigenvalue weighted by Gasteiger charge is 2.26. The number of aromatic amines is 1. The van der Waals surface area contributed by atoms with E-state index in [0.29, 0.717) is 23.3 Å². The average Bonchev–Trinajstić information content (AvgIpc) is 3.33. The van der Waals surface area contributed by atoms with Gasteiger partial charge in [0.15, 0.2) is 11.5 Å². The van der Waals surface area contributed by atoms with Crippen LogP contribution in [0.4, 0.5) is 5.82 Å². The molecule has 0 bridgehead atoms. The molecule has 32 heavy (non-hydrogen) atoms. The predicted octanol–water partition coefficient (Wildman–Crippen LogP) is 4.16. The van der Waals surface area contributed by atoms with Crippen molar-refractivity contribution in [3.8, 4) is 24.0 Å². The lowest BCUT2D eigenvalue weighted by Crippen LogP contribution is -2.31. The number of terminal acetylenes is 1. The summed E-state index contributed by atoms with van der Waals surface area (Å²) in [6, 6.07) is 0.508. The Morgan fingerprint density at radius 2 is 2.12 bits per heavy atom. The van der Waals surface area contributed by atoms with Crippen LogP contribution in [0, 0.1) is 24.2 Å². The maximum Gasteiger partial charge on any atom is 0.439 e. The standard InChI is InChI=1S/C23H31N7O2/c1-5-8-14(2)9-6-10-15(3)30-13-24-19-18(30)20(25-16(4)17-11-7-12-17)27-21(26-19)22-28-23(31)32-29-22/h1,13-17H,6-12H2,2-4H3,(H,25,26,27)(H,28,29,31). The largest absolute Gasteiger partial charge is 0.439 e. The number of hydrogen-bond donors (Lipinski definition) is 2. The highest BCUT2D eigenvalue weighted by molar-refractivity contribution is 5.85. The van der Waals surface area contributed by atoms with Gasteiger partial charge in [-0.3, -0.25) is 9.51 Å². The molecule has 0 spiro atoms. The predicted molar refractivity (Wildman–Crippen MR) is 123 cm³/mol. The second-order valence-electron chi connectivity index (χ2n) is 9.08. The second-order valence-corrected chi connectivity index (χ2v) is 9.08. The van der Waals surface area contributed by atoms with E-state index in [-0.39, 0.29) is 23.7 Å². The van der Waals surface area contributed by atoms with Gasteiger partial charge in [0.05, 0.1) is 6.33 Å². The molecule has 9 heteroatoms. The van der Waals surface area contributed by atoms with Crippen molar-refractivity contribution >= 4 is 17.0 Å². The van der Waals surface area contributed by atoms with Crippen molar-refractivity contribution in [1.29, 1.82) is 0 Å². The van der Waals surface area contributed by atoms with Crippen molar-refractivity contribution in [2.75, 3.05) is 5.32 Å². The third-order valence-corrected chi connectivity index (χ3v) is 6.56. The van der Waals surface area contributed by atoms with Crippen molar-refractivity contribution in [3.05, 3.63) is 16.9 Å². The molecule has 0 aliphatic heterocycles. The van der Waals surface area contributed by atoms with E-state index in [1.165, 1.54) is 19.3 Å². The summed E-state index contributed by atoms with van der Waals surface area (Å²) in [5.41, 5.74) is 1.43. The first kappa shape index (κ1) is 22.1. The van der Waals surface area contributed by atoms with Crippen LogP contribution in [0.3, 0.4) is 0 Å². The van der Waals surface area contributed by atoms with E-state index in [1.54, 1.807) is 0 Å². The van der Waals surface area contributed by atoms with E-state index in [4.69, 9.17) is 11.4 Å². The summed E-state index contributed by atoms with van der Waals surface area (Å²) in [7, 11) is 0. The molecule has 1 saturated carbocycles. The number of H-pyrrole nitrogens is 1. The van der Waals surface area contributed by atoms with E-state index in [1.807, 2.05) is 6.33 Å². The fraction of sp³-hybridized carbons (Fsp3) is 0.609. The van der Waals surface area contributed by atoms with Gasteiger partial charge in [-0.05, 0) is 51.4 Å². The minimum absolute atomic E-state index is 0.196. The summed E-state index contributed by atoms with van der Waals surface area (Å²) >= 11 is 0. The lowest BCUT2D eigenvalue weighted by molar-refractivity contribution is 0.285. The first-order valence-electron chi connectivity index (χ1n) is 11.5. The van der Waals surface area contributed by atoms with Gasteiger partial charge in [0, 0.05) is 18.5 Å². The molecule has 0 radical (unpaired) electrons. The first-order valence-corrected chi connectivity index (χ1v) is 11.5. The zero-order chi connectivity index (χ0) is 22.7. The van der Waals surface area contributed by atoms with Crippen LogP contribution >= 0.6 is 0 Å². The number of nitrogens with one attached hydrogen (secondary N) is 2. The molecule has 3 unspecified atom stereocenters. The monoisotopic (exact) mass is 437 g/mol. The van der Waals surface area contributed by atoms with Crippen LogP contribution in [-0.4, -0.2) is 35.7 Å².